The molecular weight excluding hydrogens is 301 g/mol. The third kappa shape index (κ3) is 4.08. The minimum absolute atomic E-state index is 0.0458. The number of hydrogen-bond donors (Lipinski definition) is 2. The Bertz CT molecular complexity index is 520. The molecule has 1 atom stereocenters. The van der Waals surface area contributed by atoms with Gasteiger partial charge in [0, 0.05) is 6.42 Å². The van der Waals surface area contributed by atoms with Gasteiger partial charge in [-0.25, -0.2) is 0 Å². The van der Waals surface area contributed by atoms with Crippen molar-refractivity contribution in [1.29, 1.82) is 0 Å². The molecule has 8 heteroatoms. The molecule has 0 saturated heterocycles. The molecule has 2 amide bonds. The van der Waals surface area contributed by atoms with Crippen LogP contribution >= 0.6 is 0 Å². The number of halogens is 3. The van der Waals surface area contributed by atoms with Crippen LogP contribution in [0, 0.1) is 0 Å². The predicted molar refractivity (Wildman–Crippen MR) is 72.2 cm³/mol. The molecule has 0 aliphatic rings. The van der Waals surface area contributed by atoms with Crippen molar-refractivity contribution in [3.05, 3.63) is 48.6 Å². The highest BCUT2D eigenvalue weighted by Gasteiger charge is 2.61. The van der Waals surface area contributed by atoms with Gasteiger partial charge < -0.3 is 4.74 Å². The fourth-order valence-corrected chi connectivity index (χ4v) is 1.72. The topological polar surface area (TPSA) is 67.4 Å². The van der Waals surface area contributed by atoms with E-state index in [1.807, 2.05) is 0 Å². The van der Waals surface area contributed by atoms with Crippen LogP contribution in [0.3, 0.4) is 0 Å². The summed E-state index contributed by atoms with van der Waals surface area (Å²) in [4.78, 5) is 22.0. The molecule has 120 valence electrons. The number of hydrazine groups is 1. The zero-order valence-electron chi connectivity index (χ0n) is 11.5. The van der Waals surface area contributed by atoms with Crippen LogP contribution in [0.1, 0.15) is 12.0 Å². The number of amides is 2. The van der Waals surface area contributed by atoms with Crippen LogP contribution in [0.2, 0.25) is 0 Å². The van der Waals surface area contributed by atoms with Crippen molar-refractivity contribution in [3.8, 4) is 0 Å². The molecule has 1 rings (SSSR count). The molecule has 0 bridgehead atoms. The molecule has 0 aliphatic carbocycles. The standard InChI is InChI=1S/C14H15F3N2O3/c1-2-8-13(14(15,16)17,12(21)19-18-10-20)22-9-11-6-4-3-5-7-11/h2-7,10H,1,8-9H2,(H,18,20)(H,19,21). The Hall–Kier alpha value is -2.35. The maximum Gasteiger partial charge on any atom is 0.427 e. The van der Waals surface area contributed by atoms with E-state index >= 15 is 0 Å². The fraction of sp³-hybridized carbons (Fsp3) is 0.286. The summed E-state index contributed by atoms with van der Waals surface area (Å²) in [5.74, 6) is -1.53. The number of ether oxygens (including phenoxy) is 1. The molecular formula is C14H15F3N2O3. The quantitative estimate of drug-likeness (QED) is 0.437. The van der Waals surface area contributed by atoms with Gasteiger partial charge in [-0.2, -0.15) is 13.2 Å². The molecule has 0 fully saturated rings. The minimum Gasteiger partial charge on any atom is -0.352 e. The molecule has 0 aliphatic heterocycles. The predicted octanol–water partition coefficient (Wildman–Crippen LogP) is 1.86. The lowest BCUT2D eigenvalue weighted by Crippen LogP contribution is -2.60. The van der Waals surface area contributed by atoms with E-state index < -0.39 is 30.7 Å². The molecule has 0 radical (unpaired) electrons. The number of hydrogen-bond acceptors (Lipinski definition) is 3. The molecule has 1 unspecified atom stereocenters. The summed E-state index contributed by atoms with van der Waals surface area (Å²) in [5.41, 5.74) is 0.669. The number of benzene rings is 1. The van der Waals surface area contributed by atoms with Gasteiger partial charge in [0.05, 0.1) is 6.61 Å². The van der Waals surface area contributed by atoms with E-state index in [9.17, 15) is 22.8 Å². The highest BCUT2D eigenvalue weighted by Crippen LogP contribution is 2.37. The van der Waals surface area contributed by atoms with E-state index in [0.717, 1.165) is 6.08 Å². The molecule has 2 N–H and O–H groups in total. The molecule has 1 aromatic carbocycles. The zero-order valence-corrected chi connectivity index (χ0v) is 11.5. The van der Waals surface area contributed by atoms with Crippen LogP contribution in [0.25, 0.3) is 0 Å². The van der Waals surface area contributed by atoms with Crippen LogP contribution in [-0.4, -0.2) is 24.1 Å². The summed E-state index contributed by atoms with van der Waals surface area (Å²) in [5, 5.41) is 0. The molecule has 0 heterocycles. The number of rotatable bonds is 8. The van der Waals surface area contributed by atoms with Gasteiger partial charge in [-0.1, -0.05) is 36.4 Å². The monoisotopic (exact) mass is 316 g/mol. The van der Waals surface area contributed by atoms with Crippen molar-refractivity contribution >= 4 is 12.3 Å². The smallest absolute Gasteiger partial charge is 0.352 e. The number of carbonyl (C=O) groups is 2. The molecule has 0 aromatic heterocycles. The van der Waals surface area contributed by atoms with Crippen molar-refractivity contribution in [3.63, 3.8) is 0 Å². The first-order valence-electron chi connectivity index (χ1n) is 6.22. The Kier molecular flexibility index (Phi) is 6.11. The summed E-state index contributed by atoms with van der Waals surface area (Å²) < 4.78 is 45.1. The van der Waals surface area contributed by atoms with E-state index in [2.05, 4.69) is 6.58 Å². The third-order valence-corrected chi connectivity index (χ3v) is 2.83. The lowest BCUT2D eigenvalue weighted by Gasteiger charge is -2.33. The van der Waals surface area contributed by atoms with Crippen molar-refractivity contribution in [1.82, 2.24) is 10.9 Å². The zero-order chi connectivity index (χ0) is 16.6. The van der Waals surface area contributed by atoms with Crippen LogP contribution in [0.15, 0.2) is 43.0 Å². The highest BCUT2D eigenvalue weighted by molar-refractivity contribution is 5.86. The van der Waals surface area contributed by atoms with Crippen LogP contribution in [0.4, 0.5) is 13.2 Å². The first kappa shape index (κ1) is 17.7. The van der Waals surface area contributed by atoms with Gasteiger partial charge in [-0.05, 0) is 5.56 Å². The van der Waals surface area contributed by atoms with Crippen molar-refractivity contribution in [2.45, 2.75) is 24.8 Å². The first-order chi connectivity index (χ1) is 10.4. The molecule has 5 nitrogen and oxygen atoms in total. The second-order valence-corrected chi connectivity index (χ2v) is 4.31. The summed E-state index contributed by atoms with van der Waals surface area (Å²) in [6, 6.07) is 8.10. The van der Waals surface area contributed by atoms with Gasteiger partial charge in [0.25, 0.3) is 5.91 Å². The van der Waals surface area contributed by atoms with E-state index in [-0.39, 0.29) is 6.41 Å². The number of alkyl halides is 3. The molecule has 0 spiro atoms. The maximum atomic E-state index is 13.4. The van der Waals surface area contributed by atoms with E-state index in [1.165, 1.54) is 0 Å². The summed E-state index contributed by atoms with van der Waals surface area (Å²) in [7, 11) is 0. The fourth-order valence-electron chi connectivity index (χ4n) is 1.72. The van der Waals surface area contributed by atoms with Gasteiger partial charge in [0.1, 0.15) is 0 Å². The van der Waals surface area contributed by atoms with Gasteiger partial charge in [-0.3, -0.25) is 20.4 Å². The Morgan fingerprint density at radius 1 is 1.27 bits per heavy atom. The Morgan fingerprint density at radius 3 is 2.41 bits per heavy atom. The molecule has 22 heavy (non-hydrogen) atoms. The minimum atomic E-state index is -5.00. The lowest BCUT2D eigenvalue weighted by molar-refractivity contribution is -0.270. The van der Waals surface area contributed by atoms with Gasteiger partial charge >= 0.3 is 6.18 Å². The molecule has 1 aromatic rings. The second kappa shape index (κ2) is 7.60. The number of carbonyl (C=O) groups excluding carboxylic acids is 2. The van der Waals surface area contributed by atoms with Crippen LogP contribution in [-0.2, 0) is 20.9 Å². The third-order valence-electron chi connectivity index (χ3n) is 2.83. The lowest BCUT2D eigenvalue weighted by atomic mass is 9.97. The van der Waals surface area contributed by atoms with Gasteiger partial charge in [-0.15, -0.1) is 6.58 Å². The Balaban J connectivity index is 3.04. The van der Waals surface area contributed by atoms with E-state index in [0.29, 0.717) is 5.56 Å². The molecule has 0 saturated carbocycles. The Labute approximate surface area is 125 Å². The highest BCUT2D eigenvalue weighted by atomic mass is 19.4. The second-order valence-electron chi connectivity index (χ2n) is 4.31. The normalized spacial score (nSPS) is 13.8. The largest absolute Gasteiger partial charge is 0.427 e. The average Bonchev–Trinajstić information content (AvgIpc) is 2.48. The summed E-state index contributed by atoms with van der Waals surface area (Å²) in [6.07, 6.45) is -4.82. The van der Waals surface area contributed by atoms with E-state index in [1.54, 1.807) is 41.2 Å². The average molecular weight is 316 g/mol. The van der Waals surface area contributed by atoms with Crippen LogP contribution < -0.4 is 10.9 Å². The Morgan fingerprint density at radius 2 is 1.91 bits per heavy atom. The first-order valence-corrected chi connectivity index (χ1v) is 6.22. The summed E-state index contributed by atoms with van der Waals surface area (Å²) in [6.45, 7) is 2.80. The maximum absolute atomic E-state index is 13.4. The SMILES string of the molecule is C=CCC(OCc1ccccc1)(C(=O)NNC=O)C(F)(F)F. The number of nitrogens with one attached hydrogen (secondary N) is 2. The summed E-state index contributed by atoms with van der Waals surface area (Å²) >= 11 is 0. The van der Waals surface area contributed by atoms with Crippen LogP contribution in [0.5, 0.6) is 0 Å². The van der Waals surface area contributed by atoms with E-state index in [4.69, 9.17) is 4.74 Å². The van der Waals surface area contributed by atoms with Crippen molar-refractivity contribution < 1.29 is 27.5 Å². The van der Waals surface area contributed by atoms with Gasteiger partial charge in [0.15, 0.2) is 0 Å². The van der Waals surface area contributed by atoms with Crippen molar-refractivity contribution in [2.24, 2.45) is 0 Å². The van der Waals surface area contributed by atoms with Gasteiger partial charge in [0.2, 0.25) is 12.0 Å². The van der Waals surface area contributed by atoms with Crippen molar-refractivity contribution in [2.75, 3.05) is 0 Å².